The van der Waals surface area contributed by atoms with Crippen LogP contribution in [0.1, 0.15) is 5.69 Å². The minimum atomic E-state index is -0.0221. The molecule has 0 fully saturated rings. The van der Waals surface area contributed by atoms with Gasteiger partial charge in [0.2, 0.25) is 0 Å². The minimum absolute atomic E-state index is 0.0221. The topological polar surface area (TPSA) is 71.5 Å². The van der Waals surface area contributed by atoms with E-state index in [-0.39, 0.29) is 5.84 Å². The van der Waals surface area contributed by atoms with Crippen molar-refractivity contribution in [2.75, 3.05) is 0 Å². The average molecular weight is 314 g/mol. The lowest BCUT2D eigenvalue weighted by atomic mass is 10.3. The largest absolute Gasteiger partial charge is 0.409 e. The Morgan fingerprint density at radius 1 is 1.16 bits per heavy atom. The molecule has 0 bridgehead atoms. The minimum Gasteiger partial charge on any atom is -0.409 e. The van der Waals surface area contributed by atoms with E-state index in [1.165, 1.54) is 11.8 Å². The summed E-state index contributed by atoms with van der Waals surface area (Å²) in [5, 5.41) is 12.5. The van der Waals surface area contributed by atoms with E-state index in [1.807, 2.05) is 12.1 Å². The van der Waals surface area contributed by atoms with Crippen LogP contribution in [0.4, 0.5) is 0 Å². The van der Waals surface area contributed by atoms with Crippen molar-refractivity contribution in [3.8, 4) is 0 Å². The van der Waals surface area contributed by atoms with E-state index in [1.54, 1.807) is 24.4 Å². The molecule has 0 atom stereocenters. The molecule has 0 aliphatic rings. The number of oxime groups is 1. The first kappa shape index (κ1) is 14.0. The molecule has 1 aromatic heterocycles. The molecule has 0 aliphatic heterocycles. The molecule has 2 rings (SSSR count). The van der Waals surface area contributed by atoms with Crippen molar-refractivity contribution in [3.05, 3.63) is 52.3 Å². The number of hydrogen-bond donors (Lipinski definition) is 2. The van der Waals surface area contributed by atoms with Crippen molar-refractivity contribution in [2.45, 2.75) is 9.79 Å². The second kappa shape index (κ2) is 6.14. The van der Waals surface area contributed by atoms with Crippen LogP contribution in [-0.4, -0.2) is 16.0 Å². The zero-order chi connectivity index (χ0) is 13.8. The van der Waals surface area contributed by atoms with E-state index in [2.05, 4.69) is 10.1 Å². The Bertz CT molecular complexity index is 617. The first-order valence-electron chi connectivity index (χ1n) is 5.17. The highest BCUT2D eigenvalue weighted by Gasteiger charge is 2.04. The number of aromatic nitrogens is 1. The molecule has 0 saturated carbocycles. The maximum atomic E-state index is 8.54. The molecule has 0 saturated heterocycles. The van der Waals surface area contributed by atoms with Crippen LogP contribution in [0, 0.1) is 0 Å². The second-order valence-corrected chi connectivity index (χ2v) is 5.50. The van der Waals surface area contributed by atoms with Crippen molar-refractivity contribution < 1.29 is 5.21 Å². The molecule has 4 nitrogen and oxygen atoms in total. The number of pyridine rings is 1. The third-order valence-corrected chi connectivity index (χ3v) is 3.94. The van der Waals surface area contributed by atoms with E-state index >= 15 is 0 Å². The Balaban J connectivity index is 2.17. The van der Waals surface area contributed by atoms with E-state index in [0.717, 1.165) is 9.79 Å². The number of benzene rings is 1. The summed E-state index contributed by atoms with van der Waals surface area (Å²) in [4.78, 5) is 5.95. The molecule has 1 aromatic carbocycles. The highest BCUT2D eigenvalue weighted by atomic mass is 35.5. The van der Waals surface area contributed by atoms with Crippen LogP contribution in [-0.2, 0) is 0 Å². The van der Waals surface area contributed by atoms with Crippen molar-refractivity contribution in [1.29, 1.82) is 0 Å². The van der Waals surface area contributed by atoms with Crippen LogP contribution in [0.15, 0.2) is 51.5 Å². The molecule has 3 N–H and O–H groups in total. The van der Waals surface area contributed by atoms with Gasteiger partial charge in [0.05, 0.1) is 10.0 Å². The molecule has 0 unspecified atom stereocenters. The predicted octanol–water partition coefficient (Wildman–Crippen LogP) is 3.63. The van der Waals surface area contributed by atoms with Gasteiger partial charge < -0.3 is 10.9 Å². The Morgan fingerprint density at radius 2 is 1.89 bits per heavy atom. The summed E-state index contributed by atoms with van der Waals surface area (Å²) in [7, 11) is 0. The van der Waals surface area contributed by atoms with Crippen LogP contribution in [0.25, 0.3) is 0 Å². The summed E-state index contributed by atoms with van der Waals surface area (Å²) in [6.07, 6.45) is 1.64. The molecule has 0 amide bonds. The zero-order valence-corrected chi connectivity index (χ0v) is 11.9. The fourth-order valence-corrected chi connectivity index (χ4v) is 2.51. The molecule has 98 valence electrons. The number of hydrogen-bond acceptors (Lipinski definition) is 4. The van der Waals surface area contributed by atoms with Crippen LogP contribution >= 0.6 is 35.0 Å². The van der Waals surface area contributed by atoms with Crippen LogP contribution in [0.5, 0.6) is 0 Å². The van der Waals surface area contributed by atoms with Crippen LogP contribution < -0.4 is 5.73 Å². The second-order valence-electron chi connectivity index (χ2n) is 3.54. The first-order chi connectivity index (χ1) is 9.10. The Hall–Kier alpha value is -1.43. The third kappa shape index (κ3) is 3.53. The maximum absolute atomic E-state index is 8.54. The summed E-state index contributed by atoms with van der Waals surface area (Å²) >= 11 is 13.3. The summed E-state index contributed by atoms with van der Waals surface area (Å²) in [5.74, 6) is -0.0221. The number of amidine groups is 1. The number of halogens is 2. The van der Waals surface area contributed by atoms with Gasteiger partial charge in [-0.25, -0.2) is 0 Å². The summed E-state index contributed by atoms with van der Waals surface area (Å²) < 4.78 is 0. The fraction of sp³-hybridized carbons (Fsp3) is 0. The smallest absolute Gasteiger partial charge is 0.188 e. The van der Waals surface area contributed by atoms with Gasteiger partial charge in [-0.2, -0.15) is 0 Å². The van der Waals surface area contributed by atoms with Crippen molar-refractivity contribution in [1.82, 2.24) is 4.98 Å². The van der Waals surface area contributed by atoms with Gasteiger partial charge in [-0.3, -0.25) is 4.98 Å². The number of nitrogens with zero attached hydrogens (tertiary/aromatic N) is 2. The Morgan fingerprint density at radius 3 is 2.47 bits per heavy atom. The monoisotopic (exact) mass is 313 g/mol. The summed E-state index contributed by atoms with van der Waals surface area (Å²) in [6, 6.07) is 8.90. The van der Waals surface area contributed by atoms with Gasteiger partial charge in [0.15, 0.2) is 5.84 Å². The maximum Gasteiger partial charge on any atom is 0.188 e. The zero-order valence-electron chi connectivity index (χ0n) is 9.55. The molecule has 7 heteroatoms. The molecule has 19 heavy (non-hydrogen) atoms. The molecular weight excluding hydrogens is 305 g/mol. The van der Waals surface area contributed by atoms with Crippen LogP contribution in [0.2, 0.25) is 10.0 Å². The van der Waals surface area contributed by atoms with Gasteiger partial charge in [0, 0.05) is 16.0 Å². The van der Waals surface area contributed by atoms with Crippen molar-refractivity contribution in [3.63, 3.8) is 0 Å². The fourth-order valence-electron chi connectivity index (χ4n) is 1.32. The number of rotatable bonds is 3. The van der Waals surface area contributed by atoms with Crippen LogP contribution in [0.3, 0.4) is 0 Å². The van der Waals surface area contributed by atoms with Gasteiger partial charge in [0.1, 0.15) is 5.69 Å². The van der Waals surface area contributed by atoms with E-state index in [4.69, 9.17) is 34.1 Å². The molecule has 0 aliphatic carbocycles. The lowest BCUT2D eigenvalue weighted by Gasteiger charge is -2.04. The molecule has 0 spiro atoms. The highest BCUT2D eigenvalue weighted by molar-refractivity contribution is 7.99. The standard InChI is InChI=1S/C12H9Cl2N3OS/c13-9-3-1-7(5-10(9)14)19-8-2-4-11(16-6-8)12(15)17-18/h1-6,18H,(H2,15,17). The predicted molar refractivity (Wildman–Crippen MR) is 77.3 cm³/mol. The SMILES string of the molecule is N/C(=N/O)c1ccc(Sc2ccc(Cl)c(Cl)c2)cn1. The quantitative estimate of drug-likeness (QED) is 0.393. The summed E-state index contributed by atoms with van der Waals surface area (Å²) in [6.45, 7) is 0. The van der Waals surface area contributed by atoms with E-state index in [0.29, 0.717) is 15.7 Å². The van der Waals surface area contributed by atoms with Crippen molar-refractivity contribution in [2.24, 2.45) is 10.9 Å². The third-order valence-electron chi connectivity index (χ3n) is 2.23. The molecule has 2 aromatic rings. The van der Waals surface area contributed by atoms with Gasteiger partial charge in [-0.15, -0.1) is 0 Å². The lowest BCUT2D eigenvalue weighted by Crippen LogP contribution is -2.14. The number of nitrogens with two attached hydrogens (primary N) is 1. The normalized spacial score (nSPS) is 11.6. The lowest BCUT2D eigenvalue weighted by molar-refractivity contribution is 0.318. The van der Waals surface area contributed by atoms with E-state index < -0.39 is 0 Å². The first-order valence-corrected chi connectivity index (χ1v) is 6.74. The van der Waals surface area contributed by atoms with Crippen molar-refractivity contribution >= 4 is 40.8 Å². The Kier molecular flexibility index (Phi) is 4.52. The van der Waals surface area contributed by atoms with Gasteiger partial charge >= 0.3 is 0 Å². The van der Waals surface area contributed by atoms with Gasteiger partial charge in [0.25, 0.3) is 0 Å². The average Bonchev–Trinajstić information content (AvgIpc) is 2.43. The van der Waals surface area contributed by atoms with E-state index in [9.17, 15) is 0 Å². The summed E-state index contributed by atoms with van der Waals surface area (Å²) in [5.41, 5.74) is 5.85. The van der Waals surface area contributed by atoms with Gasteiger partial charge in [-0.05, 0) is 30.3 Å². The molecule has 0 radical (unpaired) electrons. The molecule has 1 heterocycles. The Labute approximate surface area is 124 Å². The molecular formula is C12H9Cl2N3OS. The highest BCUT2D eigenvalue weighted by Crippen LogP contribution is 2.32. The van der Waals surface area contributed by atoms with Gasteiger partial charge in [-0.1, -0.05) is 40.1 Å².